The van der Waals surface area contributed by atoms with Crippen LogP contribution in [-0.2, 0) is 52.8 Å². The van der Waals surface area contributed by atoms with Gasteiger partial charge < -0.3 is 11.8 Å². The van der Waals surface area contributed by atoms with Crippen molar-refractivity contribution in [2.24, 2.45) is 0 Å². The molecule has 0 saturated carbocycles. The molecule has 0 aliphatic carbocycles. The van der Waals surface area contributed by atoms with Crippen LogP contribution in [0, 0.1) is 13.5 Å². The van der Waals surface area contributed by atoms with E-state index in [0.717, 1.165) is 38.4 Å². The Bertz CT molecular complexity index is 1150. The number of pyridine rings is 2. The van der Waals surface area contributed by atoms with Gasteiger partial charge in [0.05, 0.1) is 16.7 Å². The molecule has 0 N–H and O–H groups in total. The molecule has 2 radical (unpaired) electrons. The van der Waals surface area contributed by atoms with Gasteiger partial charge in [-0.15, -0.1) is 29.7 Å². The van der Waals surface area contributed by atoms with Crippen molar-refractivity contribution in [3.05, 3.63) is 74.4 Å². The van der Waals surface area contributed by atoms with Gasteiger partial charge in [0.15, 0.2) is 0 Å². The summed E-state index contributed by atoms with van der Waals surface area (Å²) in [6, 6.07) is 19.6. The molecule has 3 heterocycles. The molecule has 118 valence electrons. The summed E-state index contributed by atoms with van der Waals surface area (Å²) in [5, 5.41) is 3.30. The number of para-hydroxylation sites is 2. The summed E-state index contributed by atoms with van der Waals surface area (Å²) in [6.07, 6.45) is 3.74. The van der Waals surface area contributed by atoms with Crippen molar-refractivity contribution in [3.63, 3.8) is 0 Å². The second-order valence-corrected chi connectivity index (χ2v) is 5.11. The van der Waals surface area contributed by atoms with E-state index in [1.165, 1.54) is 0 Å². The van der Waals surface area contributed by atoms with Crippen LogP contribution in [0.1, 0.15) is 0 Å². The monoisotopic (exact) mass is 565 g/mol. The zero-order chi connectivity index (χ0) is 13.8. The molecule has 24 heavy (non-hydrogen) atoms. The summed E-state index contributed by atoms with van der Waals surface area (Å²) in [5.74, 6) is 0. The van der Waals surface area contributed by atoms with E-state index >= 15 is 0 Å². The Labute approximate surface area is 178 Å². The Balaban J connectivity index is 0.000000694. The molecule has 0 atom stereocenters. The molecule has 0 unspecified atom stereocenters. The largest absolute Gasteiger partial charge is 0.358 e. The molecule has 0 bridgehead atoms. The summed E-state index contributed by atoms with van der Waals surface area (Å²) >= 11 is 0. The van der Waals surface area contributed by atoms with Crippen molar-refractivity contribution in [3.8, 4) is 0 Å². The molecule has 5 heteroatoms. The van der Waals surface area contributed by atoms with Gasteiger partial charge in [-0.3, -0.25) is 9.97 Å². The topological polar surface area (TPSA) is 30.2 Å². The van der Waals surface area contributed by atoms with E-state index in [4.69, 9.17) is 4.98 Å². The minimum atomic E-state index is 0. The number of rotatable bonds is 0. The average molecular weight is 564 g/mol. The van der Waals surface area contributed by atoms with Crippen molar-refractivity contribution in [2.75, 3.05) is 0 Å². The number of fused-ring (bicyclic) bond motifs is 8. The first kappa shape index (κ1) is 19.1. The summed E-state index contributed by atoms with van der Waals surface area (Å²) in [4.78, 5) is 9.09. The predicted molar refractivity (Wildman–Crippen MR) is 90.8 cm³/mol. The fourth-order valence-electron chi connectivity index (χ4n) is 3.07. The number of imidazole rings is 1. The molecule has 3 aromatic heterocycles. The van der Waals surface area contributed by atoms with Crippen LogP contribution < -0.4 is 0 Å². The molecule has 3 nitrogen and oxygen atoms in total. The summed E-state index contributed by atoms with van der Waals surface area (Å²) in [5.41, 5.74) is 4.19. The van der Waals surface area contributed by atoms with E-state index in [9.17, 15) is 0 Å². The Morgan fingerprint density at radius 3 is 2.62 bits per heavy atom. The maximum atomic E-state index is 4.80. The molecule has 0 aliphatic heterocycles. The van der Waals surface area contributed by atoms with Gasteiger partial charge in [-0.25, -0.2) is 0 Å². The Morgan fingerprint density at radius 1 is 0.917 bits per heavy atom. The third kappa shape index (κ3) is 2.62. The SMILES string of the molecule is [CH3-].[Ir].[Y].[c-]1cccc2c1c1nc3ccccc3n1c1ccncc21. The second kappa shape index (κ2) is 7.37. The summed E-state index contributed by atoms with van der Waals surface area (Å²) in [7, 11) is 0. The van der Waals surface area contributed by atoms with Crippen LogP contribution in [0.5, 0.6) is 0 Å². The third-order valence-electron chi connectivity index (χ3n) is 3.97. The summed E-state index contributed by atoms with van der Waals surface area (Å²) < 4.78 is 2.20. The standard InChI is InChI=1S/C18H10N3.CH3.Ir.Y/c1-2-6-13-12(5-1)14-11-19-10-9-16(14)21-17-8-4-3-7-15(17)20-18(13)21;;;/h1-5,7-11H;1H3;;/q2*-1;;. The van der Waals surface area contributed by atoms with Gasteiger partial charge in [0.1, 0.15) is 0 Å². The van der Waals surface area contributed by atoms with Gasteiger partial charge in [-0.1, -0.05) is 17.5 Å². The predicted octanol–water partition coefficient (Wildman–Crippen LogP) is 4.43. The fourth-order valence-corrected chi connectivity index (χ4v) is 3.07. The van der Waals surface area contributed by atoms with E-state index in [1.54, 1.807) is 0 Å². The van der Waals surface area contributed by atoms with E-state index in [2.05, 4.69) is 27.6 Å². The van der Waals surface area contributed by atoms with Gasteiger partial charge >= 0.3 is 0 Å². The molecule has 5 rings (SSSR count). The molecule has 0 saturated heterocycles. The fraction of sp³-hybridized carbons (Fsp3) is 0. The van der Waals surface area contributed by atoms with Gasteiger partial charge in [-0.2, -0.15) is 0 Å². The number of benzene rings is 2. The quantitative estimate of drug-likeness (QED) is 0.206. The van der Waals surface area contributed by atoms with Crippen LogP contribution in [0.25, 0.3) is 38.4 Å². The molecular weight excluding hydrogens is 551 g/mol. The maximum Gasteiger partial charge on any atom is 0.0774 e. The van der Waals surface area contributed by atoms with E-state index in [0.29, 0.717) is 0 Å². The minimum absolute atomic E-state index is 0. The number of hydrogen-bond acceptors (Lipinski definition) is 2. The normalized spacial score (nSPS) is 10.3. The summed E-state index contributed by atoms with van der Waals surface area (Å²) in [6.45, 7) is 0. The van der Waals surface area contributed by atoms with E-state index < -0.39 is 0 Å². The maximum absolute atomic E-state index is 4.80. The number of hydrogen-bond donors (Lipinski definition) is 0. The van der Waals surface area contributed by atoms with Gasteiger partial charge in [0.2, 0.25) is 0 Å². The molecule has 0 fully saturated rings. The molecular formula is C19H13IrN3Y-2. The Morgan fingerprint density at radius 2 is 1.75 bits per heavy atom. The molecule has 5 aromatic rings. The molecule has 0 spiro atoms. The average Bonchev–Trinajstić information content (AvgIpc) is 2.95. The third-order valence-corrected chi connectivity index (χ3v) is 3.97. The first-order chi connectivity index (χ1) is 10.4. The number of aromatic nitrogens is 3. The van der Waals surface area contributed by atoms with Crippen LogP contribution in [0.2, 0.25) is 0 Å². The van der Waals surface area contributed by atoms with E-state index in [-0.39, 0.29) is 60.2 Å². The van der Waals surface area contributed by atoms with Crippen LogP contribution in [0.15, 0.2) is 60.9 Å². The van der Waals surface area contributed by atoms with Crippen LogP contribution in [0.4, 0.5) is 0 Å². The van der Waals surface area contributed by atoms with Crippen LogP contribution >= 0.6 is 0 Å². The minimum Gasteiger partial charge on any atom is -0.358 e. The van der Waals surface area contributed by atoms with E-state index in [1.807, 2.05) is 48.8 Å². The first-order valence-electron chi connectivity index (χ1n) is 6.87. The van der Waals surface area contributed by atoms with Crippen LogP contribution in [0.3, 0.4) is 0 Å². The first-order valence-corrected chi connectivity index (χ1v) is 6.87. The van der Waals surface area contributed by atoms with Crippen LogP contribution in [-0.4, -0.2) is 14.4 Å². The molecule has 0 aliphatic rings. The number of nitrogens with zero attached hydrogens (tertiary/aromatic N) is 3. The zero-order valence-corrected chi connectivity index (χ0v) is 18.3. The van der Waals surface area contributed by atoms with Crippen molar-refractivity contribution in [1.82, 2.24) is 14.4 Å². The van der Waals surface area contributed by atoms with Gasteiger partial charge in [0.25, 0.3) is 0 Å². The molecule has 2 aromatic carbocycles. The van der Waals surface area contributed by atoms with Crippen molar-refractivity contribution >= 4 is 38.4 Å². The van der Waals surface area contributed by atoms with Gasteiger partial charge in [-0.05, 0) is 23.6 Å². The zero-order valence-electron chi connectivity index (χ0n) is 13.0. The smallest absolute Gasteiger partial charge is 0.0774 e. The van der Waals surface area contributed by atoms with Crippen molar-refractivity contribution < 1.29 is 52.8 Å². The Kier molecular flexibility index (Phi) is 5.88. The van der Waals surface area contributed by atoms with Crippen molar-refractivity contribution in [1.29, 1.82) is 0 Å². The van der Waals surface area contributed by atoms with Crippen molar-refractivity contribution in [2.45, 2.75) is 0 Å². The second-order valence-electron chi connectivity index (χ2n) is 5.11. The Hall–Kier alpha value is -1.19. The molecule has 0 amide bonds. The van der Waals surface area contributed by atoms with Gasteiger partial charge in [0, 0.05) is 70.7 Å².